The molecule has 1 aliphatic rings. The summed E-state index contributed by atoms with van der Waals surface area (Å²) >= 11 is 0. The molecule has 0 aliphatic heterocycles. The third kappa shape index (κ3) is 4.96. The van der Waals surface area contributed by atoms with Gasteiger partial charge in [-0.3, -0.25) is 4.79 Å². The third-order valence-corrected chi connectivity index (χ3v) is 4.99. The van der Waals surface area contributed by atoms with Crippen LogP contribution in [0.5, 0.6) is 5.75 Å². The third-order valence-electron chi connectivity index (χ3n) is 4.99. The van der Waals surface area contributed by atoms with Crippen LogP contribution in [0, 0.1) is 0 Å². The highest BCUT2D eigenvalue weighted by Crippen LogP contribution is 2.32. The maximum absolute atomic E-state index is 11.8. The van der Waals surface area contributed by atoms with Gasteiger partial charge in [-0.1, -0.05) is 38.3 Å². The van der Waals surface area contributed by atoms with Crippen LogP contribution < -0.4 is 10.1 Å². The van der Waals surface area contributed by atoms with E-state index < -0.39 is 0 Å². The van der Waals surface area contributed by atoms with Crippen molar-refractivity contribution < 1.29 is 14.3 Å². The second-order valence-corrected chi connectivity index (χ2v) is 6.65. The van der Waals surface area contributed by atoms with E-state index in [2.05, 4.69) is 24.4 Å². The van der Waals surface area contributed by atoms with Crippen molar-refractivity contribution in [3.63, 3.8) is 0 Å². The summed E-state index contributed by atoms with van der Waals surface area (Å²) in [4.78, 5) is 11.8. The monoisotopic (exact) mass is 319 g/mol. The van der Waals surface area contributed by atoms with Gasteiger partial charge in [-0.15, -0.1) is 0 Å². The molecule has 0 radical (unpaired) electrons. The number of esters is 1. The summed E-state index contributed by atoms with van der Waals surface area (Å²) in [7, 11) is 3.15. The van der Waals surface area contributed by atoms with Gasteiger partial charge in [-0.05, 0) is 36.5 Å². The molecule has 0 spiro atoms. The first-order chi connectivity index (χ1) is 11.1. The lowest BCUT2D eigenvalue weighted by Crippen LogP contribution is -2.49. The molecule has 1 aliphatic carbocycles. The van der Waals surface area contributed by atoms with Crippen molar-refractivity contribution in [3.8, 4) is 5.75 Å². The number of nitrogens with one attached hydrogen (secondary N) is 1. The van der Waals surface area contributed by atoms with Gasteiger partial charge in [-0.25, -0.2) is 0 Å². The van der Waals surface area contributed by atoms with Gasteiger partial charge < -0.3 is 14.8 Å². The maximum atomic E-state index is 11.8. The molecule has 1 atom stereocenters. The summed E-state index contributed by atoms with van der Waals surface area (Å²) in [6, 6.07) is 8.21. The van der Waals surface area contributed by atoms with Crippen LogP contribution in [-0.2, 0) is 9.53 Å². The Morgan fingerprint density at radius 3 is 2.39 bits per heavy atom. The summed E-state index contributed by atoms with van der Waals surface area (Å²) in [6.45, 7) is 3.08. The van der Waals surface area contributed by atoms with Gasteiger partial charge in [0.2, 0.25) is 0 Å². The molecule has 128 valence electrons. The normalized spacial score (nSPS) is 18.2. The molecule has 4 heteroatoms. The van der Waals surface area contributed by atoms with Crippen LogP contribution in [0.2, 0.25) is 0 Å². The minimum absolute atomic E-state index is 0.0912. The highest BCUT2D eigenvalue weighted by Gasteiger charge is 2.34. The Balaban J connectivity index is 1.97. The van der Waals surface area contributed by atoms with Crippen LogP contribution in [0.25, 0.3) is 0 Å². The largest absolute Gasteiger partial charge is 0.497 e. The predicted molar refractivity (Wildman–Crippen MR) is 91.9 cm³/mol. The zero-order chi connectivity index (χ0) is 16.7. The number of rotatable bonds is 7. The Hall–Kier alpha value is -1.55. The van der Waals surface area contributed by atoms with Crippen LogP contribution in [0.15, 0.2) is 24.3 Å². The smallest absolute Gasteiger partial charge is 0.307 e. The Morgan fingerprint density at radius 1 is 1.17 bits per heavy atom. The Kier molecular flexibility index (Phi) is 6.46. The van der Waals surface area contributed by atoms with E-state index in [-0.39, 0.29) is 11.5 Å². The molecule has 0 amide bonds. The Labute approximate surface area is 139 Å². The first-order valence-corrected chi connectivity index (χ1v) is 8.54. The average Bonchev–Trinajstić information content (AvgIpc) is 2.60. The molecule has 2 rings (SSSR count). The molecule has 1 aromatic rings. The molecule has 1 saturated carbocycles. The first kappa shape index (κ1) is 17.8. The number of carbonyl (C=O) groups excluding carboxylic acids is 1. The zero-order valence-corrected chi connectivity index (χ0v) is 14.6. The van der Waals surface area contributed by atoms with Gasteiger partial charge >= 0.3 is 5.97 Å². The number of benzene rings is 1. The second kappa shape index (κ2) is 8.34. The van der Waals surface area contributed by atoms with E-state index in [4.69, 9.17) is 9.47 Å². The summed E-state index contributed by atoms with van der Waals surface area (Å²) < 4.78 is 10.1. The topological polar surface area (TPSA) is 47.6 Å². The van der Waals surface area contributed by atoms with Gasteiger partial charge in [0.05, 0.1) is 20.6 Å². The van der Waals surface area contributed by atoms with Gasteiger partial charge in [0.15, 0.2) is 0 Å². The van der Waals surface area contributed by atoms with Crippen molar-refractivity contribution in [2.45, 2.75) is 56.9 Å². The lowest BCUT2D eigenvalue weighted by atomic mass is 9.79. The van der Waals surface area contributed by atoms with E-state index in [0.717, 1.165) is 25.1 Å². The molecule has 1 aromatic carbocycles. The molecule has 23 heavy (non-hydrogen) atoms. The van der Waals surface area contributed by atoms with Crippen molar-refractivity contribution in [3.05, 3.63) is 29.8 Å². The number of ether oxygens (including phenoxy) is 2. The molecule has 0 saturated heterocycles. The fourth-order valence-corrected chi connectivity index (χ4v) is 3.41. The zero-order valence-electron chi connectivity index (χ0n) is 14.6. The molecule has 1 fully saturated rings. The molecular formula is C19H29NO3. The summed E-state index contributed by atoms with van der Waals surface area (Å²) in [5.74, 6) is 1.15. The summed E-state index contributed by atoms with van der Waals surface area (Å²) in [5.41, 5.74) is 1.19. The van der Waals surface area contributed by atoms with E-state index in [9.17, 15) is 4.79 Å². The SMILES string of the molecule is COC(=O)CC1(NC[C@H](C)c2ccc(OC)cc2)CCCCC1. The van der Waals surface area contributed by atoms with Crippen molar-refractivity contribution in [1.29, 1.82) is 0 Å². The first-order valence-electron chi connectivity index (χ1n) is 8.54. The quantitative estimate of drug-likeness (QED) is 0.779. The molecule has 0 heterocycles. The summed E-state index contributed by atoms with van der Waals surface area (Å²) in [6.07, 6.45) is 6.20. The molecule has 0 aromatic heterocycles. The number of carbonyl (C=O) groups is 1. The molecular weight excluding hydrogens is 290 g/mol. The Bertz CT molecular complexity index is 492. The fourth-order valence-electron chi connectivity index (χ4n) is 3.41. The lowest BCUT2D eigenvalue weighted by molar-refractivity contribution is -0.142. The van der Waals surface area contributed by atoms with Crippen molar-refractivity contribution in [2.24, 2.45) is 0 Å². The van der Waals surface area contributed by atoms with Gasteiger partial charge in [0.1, 0.15) is 5.75 Å². The minimum Gasteiger partial charge on any atom is -0.497 e. The molecule has 0 unspecified atom stereocenters. The van der Waals surface area contributed by atoms with Crippen LogP contribution in [0.4, 0.5) is 0 Å². The van der Waals surface area contributed by atoms with Crippen LogP contribution in [0.3, 0.4) is 0 Å². The Morgan fingerprint density at radius 2 is 1.83 bits per heavy atom. The lowest BCUT2D eigenvalue weighted by Gasteiger charge is -2.38. The highest BCUT2D eigenvalue weighted by atomic mass is 16.5. The molecule has 4 nitrogen and oxygen atoms in total. The minimum atomic E-state index is -0.114. The maximum Gasteiger partial charge on any atom is 0.307 e. The van der Waals surface area contributed by atoms with Gasteiger partial charge in [-0.2, -0.15) is 0 Å². The van der Waals surface area contributed by atoms with E-state index >= 15 is 0 Å². The van der Waals surface area contributed by atoms with E-state index in [1.165, 1.54) is 31.9 Å². The van der Waals surface area contributed by atoms with Crippen molar-refractivity contribution in [2.75, 3.05) is 20.8 Å². The number of hydrogen-bond donors (Lipinski definition) is 1. The predicted octanol–water partition coefficient (Wildman–Crippen LogP) is 3.65. The highest BCUT2D eigenvalue weighted by molar-refractivity contribution is 5.70. The van der Waals surface area contributed by atoms with Crippen LogP contribution in [0.1, 0.15) is 56.9 Å². The fraction of sp³-hybridized carbons (Fsp3) is 0.632. The van der Waals surface area contributed by atoms with Crippen molar-refractivity contribution >= 4 is 5.97 Å². The molecule has 0 bridgehead atoms. The number of hydrogen-bond acceptors (Lipinski definition) is 4. The molecule has 1 N–H and O–H groups in total. The van der Waals surface area contributed by atoms with E-state index in [1.807, 2.05) is 12.1 Å². The summed E-state index contributed by atoms with van der Waals surface area (Å²) in [5, 5.41) is 3.70. The average molecular weight is 319 g/mol. The number of methoxy groups -OCH3 is 2. The van der Waals surface area contributed by atoms with E-state index in [0.29, 0.717) is 12.3 Å². The van der Waals surface area contributed by atoms with Crippen LogP contribution in [-0.4, -0.2) is 32.3 Å². The van der Waals surface area contributed by atoms with E-state index in [1.54, 1.807) is 7.11 Å². The van der Waals surface area contributed by atoms with Gasteiger partial charge in [0.25, 0.3) is 0 Å². The van der Waals surface area contributed by atoms with Crippen LogP contribution >= 0.6 is 0 Å². The standard InChI is InChI=1S/C19H29NO3/c1-15(16-7-9-17(22-2)10-8-16)14-20-19(13-18(21)23-3)11-5-4-6-12-19/h7-10,15,20H,4-6,11-14H2,1-3H3/t15-/m0/s1. The van der Waals surface area contributed by atoms with Gasteiger partial charge in [0, 0.05) is 12.1 Å². The van der Waals surface area contributed by atoms with Crippen molar-refractivity contribution in [1.82, 2.24) is 5.32 Å². The second-order valence-electron chi connectivity index (χ2n) is 6.65.